The van der Waals surface area contributed by atoms with E-state index < -0.39 is 5.92 Å². The van der Waals surface area contributed by atoms with E-state index >= 15 is 0 Å². The van der Waals surface area contributed by atoms with Crippen LogP contribution in [0.4, 0.5) is 0 Å². The number of hydrogen-bond acceptors (Lipinski definition) is 3. The van der Waals surface area contributed by atoms with Crippen molar-refractivity contribution >= 4 is 0 Å². The number of nitrogens with zero attached hydrogens (tertiary/aromatic N) is 2. The van der Waals surface area contributed by atoms with Gasteiger partial charge in [-0.05, 0) is 7.11 Å². The molecule has 11 heavy (non-hydrogen) atoms. The first-order valence-corrected chi connectivity index (χ1v) is 2.71. The Kier molecular flexibility index (Phi) is 25.1. The number of ether oxygens (including phenoxy) is 1. The molecular weight excluding hydrogens is 312 g/mol. The van der Waals surface area contributed by atoms with E-state index in [1.54, 1.807) is 19.1 Å². The second kappa shape index (κ2) is 16.3. The Hall–Kier alpha value is -0.372. The molecule has 60 valence electrons. The topological polar surface area (TPSA) is 56.8 Å². The molecule has 0 aliphatic carbocycles. The van der Waals surface area contributed by atoms with Gasteiger partial charge in [0, 0.05) is 18.1 Å². The van der Waals surface area contributed by atoms with Gasteiger partial charge in [-0.2, -0.15) is 24.1 Å². The minimum atomic E-state index is -0.736. The van der Waals surface area contributed by atoms with Crippen LogP contribution in [0, 0.1) is 42.1 Å². The van der Waals surface area contributed by atoms with Gasteiger partial charge in [-0.25, -0.2) is 0 Å². The summed E-state index contributed by atoms with van der Waals surface area (Å²) in [6.45, 7) is 6.18. The molecule has 4 heteroatoms. The number of methoxy groups -OCH3 is 1. The normalized spacial score (nSPS) is 6.36. The summed E-state index contributed by atoms with van der Waals surface area (Å²) in [6.07, 6.45) is 0. The van der Waals surface area contributed by atoms with Gasteiger partial charge in [0.2, 0.25) is 0 Å². The molecule has 0 spiro atoms. The largest absolute Gasteiger partial charge is 2.00 e. The summed E-state index contributed by atoms with van der Waals surface area (Å²) >= 11 is 0. The minimum absolute atomic E-state index is 0. The summed E-state index contributed by atoms with van der Waals surface area (Å²) in [4.78, 5) is 0. The summed E-state index contributed by atoms with van der Waals surface area (Å²) in [5, 5.41) is 16.1. The molecule has 0 aromatic heterocycles. The molecule has 0 saturated heterocycles. The van der Waals surface area contributed by atoms with E-state index in [1.165, 1.54) is 13.7 Å². The molecule has 0 saturated carbocycles. The van der Waals surface area contributed by atoms with E-state index in [4.69, 9.17) is 10.5 Å². The Morgan fingerprint density at radius 1 is 1.36 bits per heavy atom. The van der Waals surface area contributed by atoms with Gasteiger partial charge in [-0.1, -0.05) is 0 Å². The fraction of sp³-hybridized carbons (Fsp3) is 0.429. The molecule has 0 amide bonds. The molecule has 0 atom stereocenters. The molecule has 0 fully saturated rings. The zero-order chi connectivity index (χ0) is 8.41. The maximum atomic E-state index is 8.07. The van der Waals surface area contributed by atoms with E-state index in [0.29, 0.717) is 0 Å². The second-order valence-electron chi connectivity index (χ2n) is 1.11. The molecule has 0 rings (SSSR count). The average Bonchev–Trinajstić information content (AvgIpc) is 2.04. The molecule has 0 N–H and O–H groups in total. The molecule has 0 aliphatic rings. The Labute approximate surface area is 82.2 Å². The quantitative estimate of drug-likeness (QED) is 0.720. The first kappa shape index (κ1) is 16.9. The number of hydrogen-bond donors (Lipinski definition) is 0. The monoisotopic (exact) mass is 322 g/mol. The van der Waals surface area contributed by atoms with E-state index in [1.807, 2.05) is 0 Å². The molecule has 0 heterocycles. The van der Waals surface area contributed by atoms with Crippen molar-refractivity contribution in [3.8, 4) is 12.1 Å². The Morgan fingerprint density at radius 2 is 1.73 bits per heavy atom. The van der Waals surface area contributed by atoms with E-state index in [-0.39, 0.29) is 21.1 Å². The van der Waals surface area contributed by atoms with Crippen LogP contribution in [-0.4, -0.2) is 7.11 Å². The summed E-state index contributed by atoms with van der Waals surface area (Å²) < 4.78 is 4.42. The van der Waals surface area contributed by atoms with Gasteiger partial charge in [0.1, 0.15) is 0 Å². The standard InChI is InChI=1S/C5H5N2O.C2H5.W/c1-8-4-5(2-6)3-7;1-2;/h4-5H,1H3;1H2,2H3;/q2*-1;+2. The van der Waals surface area contributed by atoms with Crippen molar-refractivity contribution in [1.29, 1.82) is 10.5 Å². The van der Waals surface area contributed by atoms with Gasteiger partial charge >= 0.3 is 21.1 Å². The van der Waals surface area contributed by atoms with E-state index in [9.17, 15) is 0 Å². The van der Waals surface area contributed by atoms with Crippen LogP contribution in [0.2, 0.25) is 0 Å². The van der Waals surface area contributed by atoms with Crippen molar-refractivity contribution in [3.05, 3.63) is 13.5 Å². The van der Waals surface area contributed by atoms with Crippen LogP contribution in [0.15, 0.2) is 0 Å². The van der Waals surface area contributed by atoms with E-state index in [2.05, 4.69) is 11.7 Å². The van der Waals surface area contributed by atoms with Gasteiger partial charge in [-0.3, -0.25) is 0 Å². The molecule has 0 unspecified atom stereocenters. The van der Waals surface area contributed by atoms with Gasteiger partial charge < -0.3 is 11.7 Å². The molecule has 0 bridgehead atoms. The van der Waals surface area contributed by atoms with Crippen LogP contribution in [0.25, 0.3) is 0 Å². The molecular formula is C7H10N2OW. The Balaban J connectivity index is -0.000000196. The molecule has 0 aromatic carbocycles. The SMILES string of the molecule is CO[CH-]C(C#N)C#N.[CH2-]C.[W+2]. The summed E-state index contributed by atoms with van der Waals surface area (Å²) in [7, 11) is 1.40. The van der Waals surface area contributed by atoms with Crippen molar-refractivity contribution in [3.63, 3.8) is 0 Å². The minimum Gasteiger partial charge on any atom is -0.552 e. The van der Waals surface area contributed by atoms with Crippen LogP contribution in [0.5, 0.6) is 0 Å². The average molecular weight is 322 g/mol. The predicted octanol–water partition coefficient (Wildman–Crippen LogP) is 1.30. The van der Waals surface area contributed by atoms with E-state index in [0.717, 1.165) is 0 Å². The fourth-order valence-corrected chi connectivity index (χ4v) is 0.226. The maximum absolute atomic E-state index is 8.07. The fourth-order valence-electron chi connectivity index (χ4n) is 0.226. The van der Waals surface area contributed by atoms with Crippen LogP contribution >= 0.6 is 0 Å². The first-order chi connectivity index (χ1) is 4.85. The van der Waals surface area contributed by atoms with Crippen molar-refractivity contribution in [2.75, 3.05) is 7.11 Å². The van der Waals surface area contributed by atoms with Crippen molar-refractivity contribution in [1.82, 2.24) is 0 Å². The smallest absolute Gasteiger partial charge is 0.552 e. The zero-order valence-electron chi connectivity index (χ0n) is 6.57. The molecule has 0 radical (unpaired) electrons. The van der Waals surface area contributed by atoms with Crippen molar-refractivity contribution in [2.45, 2.75) is 6.92 Å². The third-order valence-electron chi connectivity index (χ3n) is 0.550. The molecule has 0 aliphatic heterocycles. The molecule has 0 aromatic rings. The summed E-state index contributed by atoms with van der Waals surface area (Å²) in [5.74, 6) is -0.736. The molecule has 3 nitrogen and oxygen atoms in total. The van der Waals surface area contributed by atoms with Crippen molar-refractivity contribution < 1.29 is 25.8 Å². The van der Waals surface area contributed by atoms with Gasteiger partial charge in [-0.15, -0.1) is 0 Å². The zero-order valence-corrected chi connectivity index (χ0v) is 9.51. The van der Waals surface area contributed by atoms with Gasteiger partial charge in [0.05, 0.1) is 0 Å². The number of nitriles is 2. The van der Waals surface area contributed by atoms with Crippen LogP contribution in [0.1, 0.15) is 6.92 Å². The predicted molar refractivity (Wildman–Crippen MR) is 37.1 cm³/mol. The Bertz CT molecular complexity index is 122. The Morgan fingerprint density at radius 3 is 1.82 bits per heavy atom. The first-order valence-electron chi connectivity index (χ1n) is 2.71. The third kappa shape index (κ3) is 12.8. The number of rotatable bonds is 2. The third-order valence-corrected chi connectivity index (χ3v) is 0.550. The van der Waals surface area contributed by atoms with Crippen molar-refractivity contribution in [2.24, 2.45) is 5.92 Å². The van der Waals surface area contributed by atoms with Gasteiger partial charge in [0.25, 0.3) is 0 Å². The summed E-state index contributed by atoms with van der Waals surface area (Å²) in [5.41, 5.74) is 0. The maximum Gasteiger partial charge on any atom is 2.00 e. The second-order valence-corrected chi connectivity index (χ2v) is 1.11. The van der Waals surface area contributed by atoms with Gasteiger partial charge in [0.15, 0.2) is 0 Å². The van der Waals surface area contributed by atoms with Crippen LogP contribution in [0.3, 0.4) is 0 Å². The summed E-state index contributed by atoms with van der Waals surface area (Å²) in [6, 6.07) is 3.42. The van der Waals surface area contributed by atoms with Crippen LogP contribution < -0.4 is 0 Å². The van der Waals surface area contributed by atoms with Crippen LogP contribution in [-0.2, 0) is 25.8 Å².